The summed E-state index contributed by atoms with van der Waals surface area (Å²) < 4.78 is 0. The molecule has 4 heteroatoms. The number of rotatable bonds is 6. The third-order valence-corrected chi connectivity index (χ3v) is 4.48. The lowest BCUT2D eigenvalue weighted by Crippen LogP contribution is -2.39. The molecule has 0 heterocycles. The first kappa shape index (κ1) is 18.7. The first-order chi connectivity index (χ1) is 11.7. The molecule has 4 nitrogen and oxygen atoms in total. The van der Waals surface area contributed by atoms with Crippen LogP contribution in [0.1, 0.15) is 40.9 Å². The number of hydrogen-bond acceptors (Lipinski definition) is 2. The van der Waals surface area contributed by atoms with E-state index in [1.54, 1.807) is 30.1 Å². The van der Waals surface area contributed by atoms with Gasteiger partial charge in [-0.1, -0.05) is 61.9 Å². The van der Waals surface area contributed by atoms with Gasteiger partial charge in [-0.2, -0.15) is 0 Å². The summed E-state index contributed by atoms with van der Waals surface area (Å²) in [5.74, 6) is -1.10. The van der Waals surface area contributed by atoms with E-state index in [9.17, 15) is 14.7 Å². The molecular weight excluding hydrogens is 314 g/mol. The van der Waals surface area contributed by atoms with Crippen molar-refractivity contribution >= 4 is 11.9 Å². The van der Waals surface area contributed by atoms with E-state index in [4.69, 9.17) is 0 Å². The summed E-state index contributed by atoms with van der Waals surface area (Å²) in [4.78, 5) is 25.6. The Morgan fingerprint density at radius 2 is 1.64 bits per heavy atom. The van der Waals surface area contributed by atoms with E-state index in [0.29, 0.717) is 12.1 Å². The third kappa shape index (κ3) is 4.69. The van der Waals surface area contributed by atoms with Crippen LogP contribution < -0.4 is 0 Å². The summed E-state index contributed by atoms with van der Waals surface area (Å²) in [6, 6.07) is 15.0. The van der Waals surface area contributed by atoms with Gasteiger partial charge in [-0.3, -0.25) is 4.79 Å². The molecule has 1 N–H and O–H groups in total. The van der Waals surface area contributed by atoms with E-state index in [1.807, 2.05) is 6.92 Å². The molecule has 0 fully saturated rings. The molecular formula is C21H25NO3. The number of carboxylic acid groups (broad SMARTS) is 1. The molecule has 0 radical (unpaired) electrons. The number of amides is 1. The van der Waals surface area contributed by atoms with Crippen molar-refractivity contribution in [2.24, 2.45) is 0 Å². The van der Waals surface area contributed by atoms with E-state index in [0.717, 1.165) is 0 Å². The minimum Gasteiger partial charge on any atom is -0.478 e. The lowest BCUT2D eigenvalue weighted by Gasteiger charge is -2.31. The molecule has 2 aromatic carbocycles. The van der Waals surface area contributed by atoms with Gasteiger partial charge in [-0.25, -0.2) is 4.79 Å². The number of carbonyl (C=O) groups excluding carboxylic acids is 1. The summed E-state index contributed by atoms with van der Waals surface area (Å²) in [6.07, 6.45) is 0.0863. The van der Waals surface area contributed by atoms with Gasteiger partial charge in [0.15, 0.2) is 0 Å². The van der Waals surface area contributed by atoms with Gasteiger partial charge in [0, 0.05) is 19.0 Å². The maximum Gasteiger partial charge on any atom is 0.335 e. The fourth-order valence-electron chi connectivity index (χ4n) is 2.96. The topological polar surface area (TPSA) is 57.6 Å². The summed E-state index contributed by atoms with van der Waals surface area (Å²) in [6.45, 7) is 6.82. The predicted octanol–water partition coefficient (Wildman–Crippen LogP) is 3.67. The normalized spacial score (nSPS) is 11.2. The zero-order valence-electron chi connectivity index (χ0n) is 15.2. The Morgan fingerprint density at radius 1 is 1.04 bits per heavy atom. The van der Waals surface area contributed by atoms with E-state index in [2.05, 4.69) is 38.1 Å². The summed E-state index contributed by atoms with van der Waals surface area (Å²) in [7, 11) is 1.77. The number of benzene rings is 2. The molecule has 0 saturated carbocycles. The Bertz CT molecular complexity index is 763. The van der Waals surface area contributed by atoms with Gasteiger partial charge in [0.25, 0.3) is 0 Å². The van der Waals surface area contributed by atoms with Crippen LogP contribution in [0.4, 0.5) is 0 Å². The largest absolute Gasteiger partial charge is 0.478 e. The Labute approximate surface area is 149 Å². The SMILES string of the molecule is Cc1ccc(C(C)(C)CN(C)C(=O)Cc2ccccc2C(=O)O)cc1. The van der Waals surface area contributed by atoms with Crippen LogP contribution in [0.3, 0.4) is 0 Å². The number of carbonyl (C=O) groups is 2. The van der Waals surface area contributed by atoms with Crippen molar-refractivity contribution in [3.8, 4) is 0 Å². The maximum atomic E-state index is 12.6. The Kier molecular flexibility index (Phi) is 5.62. The van der Waals surface area contributed by atoms with Crippen molar-refractivity contribution in [1.29, 1.82) is 0 Å². The second-order valence-corrected chi connectivity index (χ2v) is 7.14. The van der Waals surface area contributed by atoms with Crippen molar-refractivity contribution in [2.45, 2.75) is 32.6 Å². The van der Waals surface area contributed by atoms with Crippen molar-refractivity contribution in [1.82, 2.24) is 4.90 Å². The standard InChI is InChI=1S/C21H25NO3/c1-15-9-11-17(12-10-15)21(2,3)14-22(4)19(23)13-16-7-5-6-8-18(16)20(24)25/h5-12H,13-14H2,1-4H3,(H,24,25). The highest BCUT2D eigenvalue weighted by Gasteiger charge is 2.25. The lowest BCUT2D eigenvalue weighted by molar-refractivity contribution is -0.129. The highest BCUT2D eigenvalue weighted by atomic mass is 16.4. The summed E-state index contributed by atoms with van der Waals surface area (Å²) >= 11 is 0. The number of carboxylic acids is 1. The van der Waals surface area contributed by atoms with Gasteiger partial charge in [-0.05, 0) is 24.1 Å². The van der Waals surface area contributed by atoms with Gasteiger partial charge >= 0.3 is 5.97 Å². The zero-order chi connectivity index (χ0) is 18.6. The average molecular weight is 339 g/mol. The summed E-state index contributed by atoms with van der Waals surface area (Å²) in [5.41, 5.74) is 2.91. The second-order valence-electron chi connectivity index (χ2n) is 7.14. The van der Waals surface area contributed by atoms with Gasteiger partial charge in [0.1, 0.15) is 0 Å². The maximum absolute atomic E-state index is 12.6. The highest BCUT2D eigenvalue weighted by molar-refractivity contribution is 5.91. The molecule has 2 rings (SSSR count). The minimum atomic E-state index is -1.01. The number of likely N-dealkylation sites (N-methyl/N-ethyl adjacent to an activating group) is 1. The van der Waals surface area contributed by atoms with Crippen molar-refractivity contribution in [3.63, 3.8) is 0 Å². The zero-order valence-corrected chi connectivity index (χ0v) is 15.2. The van der Waals surface area contributed by atoms with E-state index < -0.39 is 5.97 Å². The number of aryl methyl sites for hydroxylation is 1. The first-order valence-electron chi connectivity index (χ1n) is 8.33. The molecule has 0 unspecified atom stereocenters. The Balaban J connectivity index is 2.10. The van der Waals surface area contributed by atoms with Crippen molar-refractivity contribution < 1.29 is 14.7 Å². The third-order valence-electron chi connectivity index (χ3n) is 4.48. The Hall–Kier alpha value is -2.62. The molecule has 0 aliphatic heterocycles. The van der Waals surface area contributed by atoms with Gasteiger partial charge in [0.2, 0.25) is 5.91 Å². The molecule has 25 heavy (non-hydrogen) atoms. The van der Waals surface area contributed by atoms with Crippen LogP contribution in [0.15, 0.2) is 48.5 Å². The second kappa shape index (κ2) is 7.51. The molecule has 0 saturated heterocycles. The molecule has 0 aliphatic carbocycles. The molecule has 1 amide bonds. The van der Waals surface area contributed by atoms with Crippen molar-refractivity contribution in [2.75, 3.05) is 13.6 Å². The number of nitrogens with zero attached hydrogens (tertiary/aromatic N) is 1. The minimum absolute atomic E-state index is 0.0863. The molecule has 2 aromatic rings. The van der Waals surface area contributed by atoms with Gasteiger partial charge in [0.05, 0.1) is 12.0 Å². The van der Waals surface area contributed by atoms with Crippen LogP contribution in [-0.4, -0.2) is 35.5 Å². The molecule has 0 atom stereocenters. The molecule has 0 aliphatic rings. The van der Waals surface area contributed by atoms with Crippen LogP contribution in [0.25, 0.3) is 0 Å². The van der Waals surface area contributed by atoms with E-state index in [1.165, 1.54) is 17.2 Å². The van der Waals surface area contributed by atoms with Crippen LogP contribution in [0.5, 0.6) is 0 Å². The van der Waals surface area contributed by atoms with Crippen LogP contribution in [-0.2, 0) is 16.6 Å². The van der Waals surface area contributed by atoms with Gasteiger partial charge < -0.3 is 10.0 Å². The first-order valence-corrected chi connectivity index (χ1v) is 8.33. The molecule has 0 aromatic heterocycles. The Morgan fingerprint density at radius 3 is 2.24 bits per heavy atom. The predicted molar refractivity (Wildman–Crippen MR) is 98.9 cm³/mol. The number of aromatic carboxylic acids is 1. The van der Waals surface area contributed by atoms with E-state index in [-0.39, 0.29) is 23.3 Å². The lowest BCUT2D eigenvalue weighted by atomic mass is 9.83. The fraction of sp³-hybridized carbons (Fsp3) is 0.333. The van der Waals surface area contributed by atoms with Crippen molar-refractivity contribution in [3.05, 3.63) is 70.8 Å². The quantitative estimate of drug-likeness (QED) is 0.873. The van der Waals surface area contributed by atoms with Crippen LogP contribution in [0.2, 0.25) is 0 Å². The number of hydrogen-bond donors (Lipinski definition) is 1. The highest BCUT2D eigenvalue weighted by Crippen LogP contribution is 2.24. The van der Waals surface area contributed by atoms with Crippen LogP contribution >= 0.6 is 0 Å². The molecule has 132 valence electrons. The van der Waals surface area contributed by atoms with E-state index >= 15 is 0 Å². The fourth-order valence-corrected chi connectivity index (χ4v) is 2.96. The van der Waals surface area contributed by atoms with Crippen LogP contribution in [0, 0.1) is 6.92 Å². The average Bonchev–Trinajstić information content (AvgIpc) is 2.55. The summed E-state index contributed by atoms with van der Waals surface area (Å²) in [5, 5.41) is 9.25. The smallest absolute Gasteiger partial charge is 0.335 e. The van der Waals surface area contributed by atoms with Gasteiger partial charge in [-0.15, -0.1) is 0 Å². The molecule has 0 bridgehead atoms. The molecule has 0 spiro atoms. The monoisotopic (exact) mass is 339 g/mol.